The van der Waals surface area contributed by atoms with Crippen LogP contribution in [0.5, 0.6) is 0 Å². The lowest BCUT2D eigenvalue weighted by Gasteiger charge is -2.29. The van der Waals surface area contributed by atoms with Gasteiger partial charge in [0.15, 0.2) is 0 Å². The van der Waals surface area contributed by atoms with E-state index >= 15 is 0 Å². The standard InChI is InChI=1S/C26H21F2N3O/c27-21-10-6-17(7-11-21)15-19-3-1-5-23-24(19)30-31(26(32)20-4-2-14-29-16-20)25(23)18-8-12-22(28)13-9-18/h2,4,6-16,23,25H,1,3,5H2/b19-15+/t23-,25-/m1/s1. The first-order valence-corrected chi connectivity index (χ1v) is 10.6. The molecule has 0 unspecified atom stereocenters. The van der Waals surface area contributed by atoms with Crippen LogP contribution in [0, 0.1) is 17.6 Å². The van der Waals surface area contributed by atoms with E-state index in [1.54, 1.807) is 42.6 Å². The zero-order chi connectivity index (χ0) is 22.1. The topological polar surface area (TPSA) is 45.6 Å². The molecule has 2 atom stereocenters. The molecule has 1 fully saturated rings. The molecular weight excluding hydrogens is 408 g/mol. The summed E-state index contributed by atoms with van der Waals surface area (Å²) in [4.78, 5) is 17.5. The molecule has 1 saturated carbocycles. The minimum atomic E-state index is -0.324. The van der Waals surface area contributed by atoms with Gasteiger partial charge in [-0.1, -0.05) is 24.3 Å². The largest absolute Gasteiger partial charge is 0.276 e. The van der Waals surface area contributed by atoms with Crippen molar-refractivity contribution in [3.63, 3.8) is 0 Å². The lowest BCUT2D eigenvalue weighted by molar-refractivity contribution is 0.0680. The van der Waals surface area contributed by atoms with Crippen LogP contribution in [0.4, 0.5) is 8.78 Å². The summed E-state index contributed by atoms with van der Waals surface area (Å²) in [7, 11) is 0. The third kappa shape index (κ3) is 3.84. The Morgan fingerprint density at radius 2 is 1.72 bits per heavy atom. The number of benzene rings is 2. The number of nitrogens with zero attached hydrogens (tertiary/aromatic N) is 3. The molecule has 1 aliphatic heterocycles. The van der Waals surface area contributed by atoms with E-state index in [1.807, 2.05) is 6.08 Å². The normalized spacial score (nSPS) is 21.4. The Bertz CT molecular complexity index is 1190. The summed E-state index contributed by atoms with van der Waals surface area (Å²) in [6.07, 6.45) is 7.82. The lowest BCUT2D eigenvalue weighted by atomic mass is 9.77. The first kappa shape index (κ1) is 20.2. The van der Waals surface area contributed by atoms with Crippen LogP contribution in [0.3, 0.4) is 0 Å². The van der Waals surface area contributed by atoms with Gasteiger partial charge in [0.1, 0.15) is 11.6 Å². The van der Waals surface area contributed by atoms with Gasteiger partial charge in [0.2, 0.25) is 0 Å². The van der Waals surface area contributed by atoms with Crippen molar-refractivity contribution in [2.75, 3.05) is 0 Å². The number of carbonyl (C=O) groups is 1. The number of fused-ring (bicyclic) bond motifs is 1. The molecule has 0 saturated heterocycles. The number of amides is 1. The number of rotatable bonds is 3. The highest BCUT2D eigenvalue weighted by molar-refractivity contribution is 6.09. The van der Waals surface area contributed by atoms with Gasteiger partial charge in [0, 0.05) is 18.3 Å². The van der Waals surface area contributed by atoms with Crippen LogP contribution < -0.4 is 0 Å². The predicted molar refractivity (Wildman–Crippen MR) is 119 cm³/mol. The van der Waals surface area contributed by atoms with Crippen molar-refractivity contribution < 1.29 is 13.6 Å². The van der Waals surface area contributed by atoms with E-state index in [0.717, 1.165) is 41.7 Å². The minimum absolute atomic E-state index is 0.00142. The Kier molecular flexibility index (Phi) is 5.35. The summed E-state index contributed by atoms with van der Waals surface area (Å²) in [5, 5.41) is 6.32. The molecule has 3 aromatic rings. The van der Waals surface area contributed by atoms with Gasteiger partial charge >= 0.3 is 0 Å². The number of aromatic nitrogens is 1. The van der Waals surface area contributed by atoms with Crippen molar-refractivity contribution in [2.24, 2.45) is 11.0 Å². The van der Waals surface area contributed by atoms with Gasteiger partial charge in [0.05, 0.1) is 17.3 Å². The first-order valence-electron chi connectivity index (χ1n) is 10.6. The fourth-order valence-electron chi connectivity index (χ4n) is 4.54. The van der Waals surface area contributed by atoms with Gasteiger partial charge in [-0.2, -0.15) is 5.10 Å². The maximum atomic E-state index is 13.6. The molecule has 32 heavy (non-hydrogen) atoms. The van der Waals surface area contributed by atoms with Crippen molar-refractivity contribution >= 4 is 17.7 Å². The zero-order valence-corrected chi connectivity index (χ0v) is 17.3. The zero-order valence-electron chi connectivity index (χ0n) is 17.3. The van der Waals surface area contributed by atoms with Gasteiger partial charge in [-0.3, -0.25) is 9.78 Å². The van der Waals surface area contributed by atoms with E-state index in [-0.39, 0.29) is 29.5 Å². The van der Waals surface area contributed by atoms with Gasteiger partial charge in [-0.25, -0.2) is 13.8 Å². The summed E-state index contributed by atoms with van der Waals surface area (Å²) >= 11 is 0. The number of pyridine rings is 1. The van der Waals surface area contributed by atoms with Crippen LogP contribution in [-0.2, 0) is 0 Å². The quantitative estimate of drug-likeness (QED) is 0.529. The Labute approximate surface area is 184 Å². The SMILES string of the molecule is O=C(c1cccnc1)N1N=C2/C(=C/c3ccc(F)cc3)CCC[C@H]2[C@H]1c1ccc(F)cc1. The molecule has 2 aliphatic rings. The van der Waals surface area contributed by atoms with E-state index in [2.05, 4.69) is 4.98 Å². The predicted octanol–water partition coefficient (Wildman–Crippen LogP) is 5.80. The highest BCUT2D eigenvalue weighted by Gasteiger charge is 2.44. The van der Waals surface area contributed by atoms with E-state index in [9.17, 15) is 13.6 Å². The minimum Gasteiger partial charge on any atom is -0.267 e. The maximum absolute atomic E-state index is 13.6. The second kappa shape index (κ2) is 8.46. The van der Waals surface area contributed by atoms with E-state index in [1.165, 1.54) is 35.5 Å². The number of hydrogen-bond donors (Lipinski definition) is 0. The molecule has 4 nitrogen and oxygen atoms in total. The van der Waals surface area contributed by atoms with E-state index in [4.69, 9.17) is 5.10 Å². The Morgan fingerprint density at radius 1 is 1.00 bits per heavy atom. The molecule has 160 valence electrons. The van der Waals surface area contributed by atoms with Gasteiger partial charge < -0.3 is 0 Å². The van der Waals surface area contributed by atoms with Crippen molar-refractivity contribution in [1.82, 2.24) is 9.99 Å². The monoisotopic (exact) mass is 429 g/mol. The van der Waals surface area contributed by atoms with Gasteiger partial charge in [-0.15, -0.1) is 0 Å². The lowest BCUT2D eigenvalue weighted by Crippen LogP contribution is -2.32. The molecule has 6 heteroatoms. The summed E-state index contributed by atoms with van der Waals surface area (Å²) in [5.41, 5.74) is 4.09. The molecule has 1 amide bonds. The number of allylic oxidation sites excluding steroid dienone is 1. The van der Waals surface area contributed by atoms with E-state index < -0.39 is 0 Å². The highest BCUT2D eigenvalue weighted by atomic mass is 19.1. The summed E-state index contributed by atoms with van der Waals surface area (Å²) in [6.45, 7) is 0. The summed E-state index contributed by atoms with van der Waals surface area (Å²) in [6, 6.07) is 15.7. The molecule has 0 spiro atoms. The third-order valence-electron chi connectivity index (χ3n) is 6.04. The summed E-state index contributed by atoms with van der Waals surface area (Å²) < 4.78 is 26.9. The van der Waals surface area contributed by atoms with Crippen molar-refractivity contribution in [2.45, 2.75) is 25.3 Å². The van der Waals surface area contributed by atoms with E-state index in [0.29, 0.717) is 5.56 Å². The van der Waals surface area contributed by atoms with Crippen LogP contribution in [0.15, 0.2) is 83.7 Å². The van der Waals surface area contributed by atoms with Gasteiger partial charge in [-0.05, 0) is 78.4 Å². The van der Waals surface area contributed by atoms with Crippen LogP contribution in [0.25, 0.3) is 6.08 Å². The smallest absolute Gasteiger partial charge is 0.267 e. The summed E-state index contributed by atoms with van der Waals surface area (Å²) in [5.74, 6) is -0.841. The van der Waals surface area contributed by atoms with Crippen LogP contribution in [0.1, 0.15) is 46.8 Å². The van der Waals surface area contributed by atoms with Crippen molar-refractivity contribution in [1.29, 1.82) is 0 Å². The second-order valence-electron chi connectivity index (χ2n) is 8.09. The molecule has 0 bridgehead atoms. The molecule has 1 aliphatic carbocycles. The van der Waals surface area contributed by atoms with Crippen LogP contribution >= 0.6 is 0 Å². The van der Waals surface area contributed by atoms with Crippen LogP contribution in [0.2, 0.25) is 0 Å². The van der Waals surface area contributed by atoms with Gasteiger partial charge in [0.25, 0.3) is 5.91 Å². The number of halogens is 2. The number of carbonyl (C=O) groups excluding carboxylic acids is 1. The Balaban J connectivity index is 1.57. The fraction of sp³-hybridized carbons (Fsp3) is 0.192. The first-order chi connectivity index (χ1) is 15.6. The highest BCUT2D eigenvalue weighted by Crippen LogP contribution is 2.44. The Morgan fingerprint density at radius 3 is 2.41 bits per heavy atom. The average molecular weight is 429 g/mol. The average Bonchev–Trinajstić information content (AvgIpc) is 3.22. The van der Waals surface area contributed by atoms with Crippen molar-refractivity contribution in [3.05, 3.63) is 107 Å². The third-order valence-corrected chi connectivity index (χ3v) is 6.04. The second-order valence-corrected chi connectivity index (χ2v) is 8.09. The molecule has 2 heterocycles. The molecule has 1 aromatic heterocycles. The van der Waals surface area contributed by atoms with Crippen LogP contribution in [-0.4, -0.2) is 21.6 Å². The molecule has 2 aromatic carbocycles. The molecule has 5 rings (SSSR count). The van der Waals surface area contributed by atoms with Crippen molar-refractivity contribution in [3.8, 4) is 0 Å². The maximum Gasteiger partial charge on any atom is 0.276 e. The fourth-order valence-corrected chi connectivity index (χ4v) is 4.54. The molecular formula is C26H21F2N3O. The number of hydrazone groups is 1. The Hall–Kier alpha value is -3.67. The molecule has 0 N–H and O–H groups in total. The molecule has 0 radical (unpaired) electrons. The number of hydrogen-bond acceptors (Lipinski definition) is 3.